The van der Waals surface area contributed by atoms with Crippen LogP contribution in [-0.4, -0.2) is 20.6 Å². The van der Waals surface area contributed by atoms with Crippen LogP contribution in [0.25, 0.3) is 22.6 Å². The summed E-state index contributed by atoms with van der Waals surface area (Å²) in [5.41, 5.74) is 2.82. The van der Waals surface area contributed by atoms with Gasteiger partial charge in [-0.15, -0.1) is 0 Å². The molecule has 0 aliphatic heterocycles. The average Bonchev–Trinajstić information content (AvgIpc) is 2.76. The molecule has 0 radical (unpaired) electrons. The van der Waals surface area contributed by atoms with E-state index in [-0.39, 0.29) is 6.10 Å². The van der Waals surface area contributed by atoms with Crippen molar-refractivity contribution in [2.45, 2.75) is 20.0 Å². The van der Waals surface area contributed by atoms with Crippen LogP contribution in [-0.2, 0) is 7.05 Å². The molecule has 0 aliphatic carbocycles. The van der Waals surface area contributed by atoms with Crippen LogP contribution in [0.15, 0.2) is 42.6 Å². The van der Waals surface area contributed by atoms with Gasteiger partial charge in [0.15, 0.2) is 5.65 Å². The van der Waals surface area contributed by atoms with Crippen molar-refractivity contribution < 1.29 is 4.74 Å². The maximum Gasteiger partial charge on any atom is 0.178 e. The van der Waals surface area contributed by atoms with E-state index < -0.39 is 0 Å². The van der Waals surface area contributed by atoms with E-state index >= 15 is 0 Å². The summed E-state index contributed by atoms with van der Waals surface area (Å²) in [6.07, 6.45) is 1.92. The van der Waals surface area contributed by atoms with E-state index in [1.807, 2.05) is 57.3 Å². The van der Waals surface area contributed by atoms with E-state index in [0.717, 1.165) is 28.3 Å². The second-order valence-corrected chi connectivity index (χ2v) is 5.03. The van der Waals surface area contributed by atoms with Gasteiger partial charge in [-0.05, 0) is 38.1 Å². The largest absolute Gasteiger partial charge is 0.491 e. The van der Waals surface area contributed by atoms with Crippen molar-refractivity contribution in [2.24, 2.45) is 7.05 Å². The van der Waals surface area contributed by atoms with Crippen LogP contribution in [0.4, 0.5) is 0 Å². The Morgan fingerprint density at radius 2 is 2.00 bits per heavy atom. The van der Waals surface area contributed by atoms with Gasteiger partial charge in [-0.2, -0.15) is 0 Å². The summed E-state index contributed by atoms with van der Waals surface area (Å²) >= 11 is 0. The third kappa shape index (κ3) is 2.25. The quantitative estimate of drug-likeness (QED) is 0.730. The Hall–Kier alpha value is -2.36. The van der Waals surface area contributed by atoms with Gasteiger partial charge in [0.05, 0.1) is 11.6 Å². The molecular weight excluding hydrogens is 250 g/mol. The molecule has 20 heavy (non-hydrogen) atoms. The number of hydrogen-bond acceptors (Lipinski definition) is 3. The Kier molecular flexibility index (Phi) is 3.14. The number of benzene rings is 1. The summed E-state index contributed by atoms with van der Waals surface area (Å²) in [5, 5.41) is 0. The summed E-state index contributed by atoms with van der Waals surface area (Å²) in [6.45, 7) is 4.04. The third-order valence-electron chi connectivity index (χ3n) is 3.12. The van der Waals surface area contributed by atoms with Gasteiger partial charge in [0.2, 0.25) is 0 Å². The number of fused-ring (bicyclic) bond motifs is 1. The smallest absolute Gasteiger partial charge is 0.178 e. The highest BCUT2D eigenvalue weighted by Gasteiger charge is 2.11. The standard InChI is InChI=1S/C16H17N3O/c1-11(2)20-13-7-4-6-12(10-13)16-18-15-14(19(16)3)8-5-9-17-15/h4-11H,1-3H3. The topological polar surface area (TPSA) is 39.9 Å². The van der Waals surface area contributed by atoms with Crippen molar-refractivity contribution in [1.29, 1.82) is 0 Å². The van der Waals surface area contributed by atoms with Crippen LogP contribution in [0.1, 0.15) is 13.8 Å². The molecule has 3 aromatic rings. The zero-order chi connectivity index (χ0) is 14.1. The van der Waals surface area contributed by atoms with Crippen molar-refractivity contribution in [2.75, 3.05) is 0 Å². The molecule has 0 unspecified atom stereocenters. The molecule has 0 saturated heterocycles. The SMILES string of the molecule is CC(C)Oc1cccc(-c2nc3ncccc3n2C)c1. The first kappa shape index (κ1) is 12.7. The van der Waals surface area contributed by atoms with Gasteiger partial charge < -0.3 is 9.30 Å². The fourth-order valence-electron chi connectivity index (χ4n) is 2.26. The lowest BCUT2D eigenvalue weighted by atomic mass is 10.2. The van der Waals surface area contributed by atoms with Gasteiger partial charge in [0, 0.05) is 18.8 Å². The number of rotatable bonds is 3. The molecule has 0 amide bonds. The molecule has 0 atom stereocenters. The van der Waals surface area contributed by atoms with Crippen LogP contribution >= 0.6 is 0 Å². The minimum atomic E-state index is 0.160. The minimum absolute atomic E-state index is 0.160. The summed E-state index contributed by atoms with van der Waals surface area (Å²) in [6, 6.07) is 11.9. The van der Waals surface area contributed by atoms with Crippen LogP contribution in [0, 0.1) is 0 Å². The molecule has 0 aliphatic rings. The molecule has 102 valence electrons. The molecular formula is C16H17N3O. The average molecular weight is 267 g/mol. The maximum absolute atomic E-state index is 5.74. The van der Waals surface area contributed by atoms with Crippen molar-refractivity contribution >= 4 is 11.2 Å². The summed E-state index contributed by atoms with van der Waals surface area (Å²) in [5.74, 6) is 1.76. The van der Waals surface area contributed by atoms with E-state index in [1.165, 1.54) is 0 Å². The molecule has 4 heteroatoms. The van der Waals surface area contributed by atoms with Crippen molar-refractivity contribution in [1.82, 2.24) is 14.5 Å². The second kappa shape index (κ2) is 4.96. The lowest BCUT2D eigenvalue weighted by Crippen LogP contribution is -2.05. The van der Waals surface area contributed by atoms with Gasteiger partial charge in [-0.25, -0.2) is 9.97 Å². The first-order valence-electron chi connectivity index (χ1n) is 6.69. The summed E-state index contributed by atoms with van der Waals surface area (Å²) < 4.78 is 7.79. The molecule has 1 aromatic carbocycles. The number of nitrogens with zero attached hydrogens (tertiary/aromatic N) is 3. The van der Waals surface area contributed by atoms with E-state index in [1.54, 1.807) is 6.20 Å². The highest BCUT2D eigenvalue weighted by molar-refractivity contribution is 5.77. The number of pyridine rings is 1. The van der Waals surface area contributed by atoms with Gasteiger partial charge >= 0.3 is 0 Å². The maximum atomic E-state index is 5.74. The number of hydrogen-bond donors (Lipinski definition) is 0. The van der Waals surface area contributed by atoms with Crippen molar-refractivity contribution in [3.63, 3.8) is 0 Å². The predicted molar refractivity (Wildman–Crippen MR) is 79.7 cm³/mol. The Morgan fingerprint density at radius 3 is 2.75 bits per heavy atom. The fourth-order valence-corrected chi connectivity index (χ4v) is 2.26. The first-order valence-corrected chi connectivity index (χ1v) is 6.69. The van der Waals surface area contributed by atoms with Gasteiger partial charge in [-0.1, -0.05) is 12.1 Å². The monoisotopic (exact) mass is 267 g/mol. The molecule has 0 spiro atoms. The highest BCUT2D eigenvalue weighted by Crippen LogP contribution is 2.26. The zero-order valence-corrected chi connectivity index (χ0v) is 11.9. The normalized spacial score (nSPS) is 11.2. The number of aromatic nitrogens is 3. The molecule has 3 rings (SSSR count). The zero-order valence-electron chi connectivity index (χ0n) is 11.9. The third-order valence-corrected chi connectivity index (χ3v) is 3.12. The van der Waals surface area contributed by atoms with E-state index in [2.05, 4.69) is 14.5 Å². The fraction of sp³-hybridized carbons (Fsp3) is 0.250. The predicted octanol–water partition coefficient (Wildman–Crippen LogP) is 3.42. The van der Waals surface area contributed by atoms with Crippen molar-refractivity contribution in [3.8, 4) is 17.1 Å². The van der Waals surface area contributed by atoms with E-state index in [4.69, 9.17) is 4.74 Å². The van der Waals surface area contributed by atoms with Crippen LogP contribution in [0.3, 0.4) is 0 Å². The number of ether oxygens (including phenoxy) is 1. The van der Waals surface area contributed by atoms with Crippen LogP contribution in [0.2, 0.25) is 0 Å². The van der Waals surface area contributed by atoms with Crippen LogP contribution < -0.4 is 4.74 Å². The van der Waals surface area contributed by atoms with E-state index in [0.29, 0.717) is 0 Å². The molecule has 2 heterocycles. The van der Waals surface area contributed by atoms with Crippen LogP contribution in [0.5, 0.6) is 5.75 Å². The number of imidazole rings is 1. The van der Waals surface area contributed by atoms with Gasteiger partial charge in [-0.3, -0.25) is 0 Å². The Morgan fingerprint density at radius 1 is 1.15 bits per heavy atom. The van der Waals surface area contributed by atoms with Gasteiger partial charge in [0.25, 0.3) is 0 Å². The molecule has 0 N–H and O–H groups in total. The molecule has 0 bridgehead atoms. The minimum Gasteiger partial charge on any atom is -0.491 e. The first-order chi connectivity index (χ1) is 9.65. The lowest BCUT2D eigenvalue weighted by molar-refractivity contribution is 0.242. The highest BCUT2D eigenvalue weighted by atomic mass is 16.5. The molecule has 4 nitrogen and oxygen atoms in total. The number of aryl methyl sites for hydroxylation is 1. The van der Waals surface area contributed by atoms with Gasteiger partial charge in [0.1, 0.15) is 11.6 Å². The Labute approximate surface area is 118 Å². The molecule has 0 saturated carbocycles. The Balaban J connectivity index is 2.08. The van der Waals surface area contributed by atoms with Crippen molar-refractivity contribution in [3.05, 3.63) is 42.6 Å². The summed E-state index contributed by atoms with van der Waals surface area (Å²) in [4.78, 5) is 8.89. The molecule has 0 fully saturated rings. The van der Waals surface area contributed by atoms with E-state index in [9.17, 15) is 0 Å². The second-order valence-electron chi connectivity index (χ2n) is 5.03. The lowest BCUT2D eigenvalue weighted by Gasteiger charge is -2.10. The molecule has 2 aromatic heterocycles. The Bertz CT molecular complexity index is 746. The summed E-state index contributed by atoms with van der Waals surface area (Å²) in [7, 11) is 2.00.